The zero-order valence-corrected chi connectivity index (χ0v) is 10.2. The predicted molar refractivity (Wildman–Crippen MR) is 64.7 cm³/mol. The molecule has 1 unspecified atom stereocenters. The average Bonchev–Trinajstić information content (AvgIpc) is 2.19. The molecule has 0 bridgehead atoms. The van der Waals surface area contributed by atoms with Gasteiger partial charge in [-0.05, 0) is 43.0 Å². The van der Waals surface area contributed by atoms with Gasteiger partial charge >= 0.3 is 0 Å². The van der Waals surface area contributed by atoms with E-state index in [0.717, 1.165) is 0 Å². The summed E-state index contributed by atoms with van der Waals surface area (Å²) in [7, 11) is 2.02. The van der Waals surface area contributed by atoms with Crippen LogP contribution in [0.25, 0.3) is 0 Å². The van der Waals surface area contributed by atoms with Gasteiger partial charge in [0.1, 0.15) is 0 Å². The molecule has 2 nitrogen and oxygen atoms in total. The summed E-state index contributed by atoms with van der Waals surface area (Å²) in [5.41, 5.74) is 1.74. The highest BCUT2D eigenvalue weighted by Crippen LogP contribution is 2.26. The monoisotopic (exact) mass is 206 g/mol. The van der Waals surface area contributed by atoms with Crippen LogP contribution >= 0.6 is 0 Å². The second-order valence-corrected chi connectivity index (χ2v) is 5.22. The van der Waals surface area contributed by atoms with Crippen molar-refractivity contribution in [1.82, 2.24) is 10.3 Å². The maximum absolute atomic E-state index is 4.04. The van der Waals surface area contributed by atoms with Gasteiger partial charge < -0.3 is 5.32 Å². The van der Waals surface area contributed by atoms with Crippen LogP contribution in [0.1, 0.15) is 45.2 Å². The van der Waals surface area contributed by atoms with Gasteiger partial charge in [0.05, 0.1) is 0 Å². The van der Waals surface area contributed by atoms with Crippen molar-refractivity contribution in [2.24, 2.45) is 5.41 Å². The van der Waals surface area contributed by atoms with Crippen LogP contribution in [0.3, 0.4) is 0 Å². The quantitative estimate of drug-likeness (QED) is 0.818. The third-order valence-corrected chi connectivity index (χ3v) is 2.64. The first-order chi connectivity index (χ1) is 7.03. The summed E-state index contributed by atoms with van der Waals surface area (Å²) in [5, 5.41) is 3.36. The zero-order chi connectivity index (χ0) is 11.3. The Kier molecular flexibility index (Phi) is 4.28. The Morgan fingerprint density at radius 1 is 1.27 bits per heavy atom. The molecule has 0 radical (unpaired) electrons. The van der Waals surface area contributed by atoms with Gasteiger partial charge in [-0.15, -0.1) is 0 Å². The van der Waals surface area contributed by atoms with E-state index in [0.29, 0.717) is 11.5 Å². The molecule has 1 N–H and O–H groups in total. The summed E-state index contributed by atoms with van der Waals surface area (Å²) in [6, 6.07) is 4.63. The largest absolute Gasteiger partial charge is 0.313 e. The molecule has 0 amide bonds. The van der Waals surface area contributed by atoms with E-state index in [1.165, 1.54) is 18.4 Å². The minimum absolute atomic E-state index is 0.405. The topological polar surface area (TPSA) is 24.9 Å². The van der Waals surface area contributed by atoms with Gasteiger partial charge in [0.2, 0.25) is 0 Å². The summed E-state index contributed by atoms with van der Waals surface area (Å²) >= 11 is 0. The minimum atomic E-state index is 0.405. The van der Waals surface area contributed by atoms with Gasteiger partial charge in [-0.25, -0.2) is 0 Å². The van der Waals surface area contributed by atoms with E-state index in [1.54, 1.807) is 0 Å². The summed E-state index contributed by atoms with van der Waals surface area (Å²) in [4.78, 5) is 4.04. The second-order valence-electron chi connectivity index (χ2n) is 5.22. The average molecular weight is 206 g/mol. The van der Waals surface area contributed by atoms with Crippen LogP contribution < -0.4 is 5.32 Å². The maximum atomic E-state index is 4.04. The lowest BCUT2D eigenvalue weighted by atomic mass is 9.87. The third kappa shape index (κ3) is 4.43. The molecular weight excluding hydrogens is 184 g/mol. The van der Waals surface area contributed by atoms with E-state index in [1.807, 2.05) is 19.4 Å². The van der Waals surface area contributed by atoms with Gasteiger partial charge in [-0.3, -0.25) is 4.98 Å². The molecule has 1 rings (SSSR count). The maximum Gasteiger partial charge on any atom is 0.0318 e. The van der Waals surface area contributed by atoms with Crippen molar-refractivity contribution in [2.75, 3.05) is 7.05 Å². The first kappa shape index (κ1) is 12.2. The molecule has 0 saturated carbocycles. The summed E-state index contributed by atoms with van der Waals surface area (Å²) < 4.78 is 0. The van der Waals surface area contributed by atoms with Crippen molar-refractivity contribution in [1.29, 1.82) is 0 Å². The van der Waals surface area contributed by atoms with Gasteiger partial charge in [-0.1, -0.05) is 20.8 Å². The van der Waals surface area contributed by atoms with E-state index in [4.69, 9.17) is 0 Å². The van der Waals surface area contributed by atoms with Crippen LogP contribution in [-0.2, 0) is 0 Å². The molecule has 0 aromatic carbocycles. The SMILES string of the molecule is CNC(CCC(C)(C)C)c1ccncc1. The Labute approximate surface area is 93.1 Å². The van der Waals surface area contributed by atoms with Crippen LogP contribution in [0.2, 0.25) is 0 Å². The summed E-state index contributed by atoms with van der Waals surface area (Å²) in [6.07, 6.45) is 6.11. The Bertz CT molecular complexity index is 274. The molecule has 1 aromatic rings. The first-order valence-electron chi connectivity index (χ1n) is 5.60. The normalized spacial score (nSPS) is 13.9. The van der Waals surface area contributed by atoms with Gasteiger partial charge in [0, 0.05) is 18.4 Å². The highest BCUT2D eigenvalue weighted by Gasteiger charge is 2.15. The van der Waals surface area contributed by atoms with E-state index < -0.39 is 0 Å². The fraction of sp³-hybridized carbons (Fsp3) is 0.615. The zero-order valence-electron chi connectivity index (χ0n) is 10.2. The van der Waals surface area contributed by atoms with E-state index >= 15 is 0 Å². The summed E-state index contributed by atoms with van der Waals surface area (Å²) in [6.45, 7) is 6.85. The molecule has 1 aromatic heterocycles. The predicted octanol–water partition coefficient (Wildman–Crippen LogP) is 3.17. The van der Waals surface area contributed by atoms with E-state index in [2.05, 4.69) is 43.2 Å². The molecule has 84 valence electrons. The number of hydrogen-bond donors (Lipinski definition) is 1. The van der Waals surface area contributed by atoms with Crippen molar-refractivity contribution in [3.05, 3.63) is 30.1 Å². The van der Waals surface area contributed by atoms with Crippen molar-refractivity contribution in [3.63, 3.8) is 0 Å². The lowest BCUT2D eigenvalue weighted by molar-refractivity contribution is 0.338. The van der Waals surface area contributed by atoms with Crippen molar-refractivity contribution < 1.29 is 0 Å². The number of pyridine rings is 1. The van der Waals surface area contributed by atoms with Crippen LogP contribution in [0, 0.1) is 5.41 Å². The lowest BCUT2D eigenvalue weighted by Crippen LogP contribution is -2.18. The fourth-order valence-corrected chi connectivity index (χ4v) is 1.65. The molecule has 0 spiro atoms. The van der Waals surface area contributed by atoms with Gasteiger partial charge in [-0.2, -0.15) is 0 Å². The molecule has 0 saturated heterocycles. The van der Waals surface area contributed by atoms with E-state index in [-0.39, 0.29) is 0 Å². The molecule has 15 heavy (non-hydrogen) atoms. The van der Waals surface area contributed by atoms with Crippen LogP contribution in [0.5, 0.6) is 0 Å². The number of hydrogen-bond acceptors (Lipinski definition) is 2. The number of aromatic nitrogens is 1. The first-order valence-corrected chi connectivity index (χ1v) is 5.60. The fourth-order valence-electron chi connectivity index (χ4n) is 1.65. The highest BCUT2D eigenvalue weighted by molar-refractivity contribution is 5.14. The molecule has 0 aliphatic carbocycles. The van der Waals surface area contributed by atoms with Gasteiger partial charge in [0.15, 0.2) is 0 Å². The van der Waals surface area contributed by atoms with Crippen molar-refractivity contribution >= 4 is 0 Å². The molecule has 1 atom stereocenters. The third-order valence-electron chi connectivity index (χ3n) is 2.64. The molecule has 1 heterocycles. The van der Waals surface area contributed by atoms with Crippen molar-refractivity contribution in [3.8, 4) is 0 Å². The Balaban J connectivity index is 2.58. The van der Waals surface area contributed by atoms with E-state index in [9.17, 15) is 0 Å². The molecule has 2 heteroatoms. The standard InChI is InChI=1S/C13H22N2/c1-13(2,3)8-5-12(14-4)11-6-9-15-10-7-11/h6-7,9-10,12,14H,5,8H2,1-4H3. The Morgan fingerprint density at radius 3 is 2.33 bits per heavy atom. The van der Waals surface area contributed by atoms with Crippen LogP contribution in [-0.4, -0.2) is 12.0 Å². The lowest BCUT2D eigenvalue weighted by Gasteiger charge is -2.23. The van der Waals surface area contributed by atoms with Gasteiger partial charge in [0.25, 0.3) is 0 Å². The number of nitrogens with zero attached hydrogens (tertiary/aromatic N) is 1. The van der Waals surface area contributed by atoms with Crippen molar-refractivity contribution in [2.45, 2.75) is 39.7 Å². The molecular formula is C13H22N2. The van der Waals surface area contributed by atoms with Crippen LogP contribution in [0.4, 0.5) is 0 Å². The van der Waals surface area contributed by atoms with Crippen LogP contribution in [0.15, 0.2) is 24.5 Å². The summed E-state index contributed by atoms with van der Waals surface area (Å²) in [5.74, 6) is 0. The second kappa shape index (κ2) is 5.26. The molecule has 0 aliphatic heterocycles. The molecule has 0 fully saturated rings. The highest BCUT2D eigenvalue weighted by atomic mass is 14.9. The Hall–Kier alpha value is -0.890. The number of nitrogens with one attached hydrogen (secondary N) is 1. The smallest absolute Gasteiger partial charge is 0.0318 e. The number of rotatable bonds is 4. The minimum Gasteiger partial charge on any atom is -0.313 e. The molecule has 0 aliphatic rings. The Morgan fingerprint density at radius 2 is 1.87 bits per heavy atom.